The monoisotopic (exact) mass is 189 g/mol. The van der Waals surface area contributed by atoms with Gasteiger partial charge in [0.05, 0.1) is 5.69 Å². The fourth-order valence-corrected chi connectivity index (χ4v) is 1.30. The van der Waals surface area contributed by atoms with Crippen LogP contribution in [0.1, 0.15) is 6.92 Å². The minimum absolute atomic E-state index is 0.288. The van der Waals surface area contributed by atoms with Crippen LogP contribution in [0.3, 0.4) is 0 Å². The Hall–Kier alpha value is -1.91. The van der Waals surface area contributed by atoms with Gasteiger partial charge in [-0.25, -0.2) is 9.97 Å². The average Bonchev–Trinajstić information content (AvgIpc) is 2.67. The number of nitrogens with two attached hydrogens (primary N) is 1. The number of nitrogen functional groups attached to an aromatic ring is 1. The third-order valence-electron chi connectivity index (χ3n) is 1.98. The highest BCUT2D eigenvalue weighted by atomic mass is 15.3. The number of hydrogen-bond donors (Lipinski definition) is 1. The van der Waals surface area contributed by atoms with Crippen LogP contribution in [0.15, 0.2) is 24.7 Å². The van der Waals surface area contributed by atoms with Crippen molar-refractivity contribution in [2.24, 2.45) is 0 Å². The molecule has 0 atom stereocenters. The summed E-state index contributed by atoms with van der Waals surface area (Å²) < 4.78 is 1.88. The zero-order valence-corrected chi connectivity index (χ0v) is 7.88. The van der Waals surface area contributed by atoms with Crippen LogP contribution in [0.5, 0.6) is 0 Å². The van der Waals surface area contributed by atoms with Crippen molar-refractivity contribution in [2.45, 2.75) is 13.5 Å². The largest absolute Gasteiger partial charge is 0.368 e. The van der Waals surface area contributed by atoms with Crippen LogP contribution in [-0.4, -0.2) is 19.7 Å². The molecule has 2 rings (SSSR count). The summed E-state index contributed by atoms with van der Waals surface area (Å²) in [5, 5.41) is 4.16. The lowest BCUT2D eigenvalue weighted by Crippen LogP contribution is -2.00. The zero-order valence-electron chi connectivity index (χ0n) is 7.88. The lowest BCUT2D eigenvalue weighted by molar-refractivity contribution is 0.667. The minimum atomic E-state index is 0.288. The minimum Gasteiger partial charge on any atom is -0.368 e. The first kappa shape index (κ1) is 8.68. The number of nitrogens with zero attached hydrogens (tertiary/aromatic N) is 4. The molecule has 0 aliphatic rings. The van der Waals surface area contributed by atoms with Gasteiger partial charge in [0, 0.05) is 30.7 Å². The van der Waals surface area contributed by atoms with E-state index in [2.05, 4.69) is 15.1 Å². The molecule has 0 saturated heterocycles. The first-order valence-electron chi connectivity index (χ1n) is 4.41. The number of anilines is 1. The van der Waals surface area contributed by atoms with Gasteiger partial charge in [-0.15, -0.1) is 0 Å². The van der Waals surface area contributed by atoms with E-state index in [1.54, 1.807) is 18.6 Å². The maximum atomic E-state index is 5.41. The molecule has 0 amide bonds. The summed E-state index contributed by atoms with van der Waals surface area (Å²) >= 11 is 0. The van der Waals surface area contributed by atoms with Crippen LogP contribution in [0.25, 0.3) is 11.3 Å². The summed E-state index contributed by atoms with van der Waals surface area (Å²) in [4.78, 5) is 7.87. The van der Waals surface area contributed by atoms with E-state index in [0.29, 0.717) is 0 Å². The molecule has 0 aromatic carbocycles. The molecular weight excluding hydrogens is 178 g/mol. The molecule has 2 heterocycles. The van der Waals surface area contributed by atoms with E-state index in [4.69, 9.17) is 5.73 Å². The van der Waals surface area contributed by atoms with Gasteiger partial charge in [-0.3, -0.25) is 4.68 Å². The molecule has 0 bridgehead atoms. The van der Waals surface area contributed by atoms with Gasteiger partial charge >= 0.3 is 0 Å². The first-order chi connectivity index (χ1) is 6.81. The number of aromatic nitrogens is 4. The van der Waals surface area contributed by atoms with Gasteiger partial charge in [-0.05, 0) is 13.0 Å². The summed E-state index contributed by atoms with van der Waals surface area (Å²) in [6.45, 7) is 2.86. The number of aryl methyl sites for hydroxylation is 1. The Bertz CT molecular complexity index is 417. The molecule has 0 radical (unpaired) electrons. The van der Waals surface area contributed by atoms with Gasteiger partial charge in [0.15, 0.2) is 0 Å². The van der Waals surface area contributed by atoms with Crippen molar-refractivity contribution in [3.05, 3.63) is 24.7 Å². The predicted molar refractivity (Wildman–Crippen MR) is 53.3 cm³/mol. The molecule has 0 fully saturated rings. The second-order valence-corrected chi connectivity index (χ2v) is 2.86. The summed E-state index contributed by atoms with van der Waals surface area (Å²) in [5.41, 5.74) is 7.34. The van der Waals surface area contributed by atoms with E-state index in [1.165, 1.54) is 0 Å². The Kier molecular flexibility index (Phi) is 2.14. The lowest BCUT2D eigenvalue weighted by atomic mass is 10.2. The zero-order chi connectivity index (χ0) is 9.97. The molecule has 5 heteroatoms. The van der Waals surface area contributed by atoms with Crippen LogP contribution in [-0.2, 0) is 6.54 Å². The van der Waals surface area contributed by atoms with Gasteiger partial charge in [0.1, 0.15) is 0 Å². The quantitative estimate of drug-likeness (QED) is 0.763. The Morgan fingerprint density at radius 1 is 1.36 bits per heavy atom. The molecule has 0 aliphatic carbocycles. The predicted octanol–water partition coefficient (Wildman–Crippen LogP) is 0.942. The molecule has 72 valence electrons. The molecular formula is C9H11N5. The Labute approximate surface area is 81.6 Å². The molecule has 5 nitrogen and oxygen atoms in total. The normalized spacial score (nSPS) is 10.4. The van der Waals surface area contributed by atoms with Gasteiger partial charge in [-0.1, -0.05) is 0 Å². The molecule has 2 aromatic rings. The smallest absolute Gasteiger partial charge is 0.219 e. The number of hydrogen-bond acceptors (Lipinski definition) is 4. The van der Waals surface area contributed by atoms with Gasteiger partial charge in [0.25, 0.3) is 0 Å². The molecule has 2 N–H and O–H groups in total. The van der Waals surface area contributed by atoms with Crippen LogP contribution in [0, 0.1) is 0 Å². The van der Waals surface area contributed by atoms with Crippen LogP contribution in [0.2, 0.25) is 0 Å². The summed E-state index contributed by atoms with van der Waals surface area (Å²) in [7, 11) is 0. The average molecular weight is 189 g/mol. The maximum Gasteiger partial charge on any atom is 0.219 e. The third kappa shape index (κ3) is 1.44. The van der Waals surface area contributed by atoms with Gasteiger partial charge < -0.3 is 5.73 Å². The lowest BCUT2D eigenvalue weighted by Gasteiger charge is -2.03. The van der Waals surface area contributed by atoms with Crippen molar-refractivity contribution in [1.29, 1.82) is 0 Å². The van der Waals surface area contributed by atoms with Gasteiger partial charge in [-0.2, -0.15) is 5.10 Å². The standard InChI is InChI=1S/C9H11N5/c1-2-14-8(3-4-13-14)7-5-11-9(10)12-6-7/h3-6H,2H2,1H3,(H2,10,11,12). The van der Waals surface area contributed by atoms with E-state index < -0.39 is 0 Å². The molecule has 0 aliphatic heterocycles. The first-order valence-corrected chi connectivity index (χ1v) is 4.41. The molecule has 14 heavy (non-hydrogen) atoms. The Balaban J connectivity index is 2.44. The summed E-state index contributed by atoms with van der Waals surface area (Å²) in [6, 6.07) is 1.93. The van der Waals surface area contributed by atoms with Crippen molar-refractivity contribution < 1.29 is 0 Å². The Morgan fingerprint density at radius 2 is 2.07 bits per heavy atom. The van der Waals surface area contributed by atoms with Crippen LogP contribution < -0.4 is 5.73 Å². The third-order valence-corrected chi connectivity index (χ3v) is 1.98. The molecule has 0 saturated carbocycles. The Morgan fingerprint density at radius 3 is 2.71 bits per heavy atom. The van der Waals surface area contributed by atoms with Crippen molar-refractivity contribution in [1.82, 2.24) is 19.7 Å². The van der Waals surface area contributed by atoms with E-state index in [1.807, 2.05) is 17.7 Å². The molecule has 0 unspecified atom stereocenters. The SMILES string of the molecule is CCn1nccc1-c1cnc(N)nc1. The van der Waals surface area contributed by atoms with Gasteiger partial charge in [0.2, 0.25) is 5.95 Å². The summed E-state index contributed by atoms with van der Waals surface area (Å²) in [5.74, 6) is 0.288. The molecule has 0 spiro atoms. The topological polar surface area (TPSA) is 69.6 Å². The van der Waals surface area contributed by atoms with Crippen LogP contribution >= 0.6 is 0 Å². The van der Waals surface area contributed by atoms with E-state index >= 15 is 0 Å². The number of rotatable bonds is 2. The van der Waals surface area contributed by atoms with Crippen molar-refractivity contribution in [3.63, 3.8) is 0 Å². The highest BCUT2D eigenvalue weighted by molar-refractivity contribution is 5.57. The van der Waals surface area contributed by atoms with Crippen molar-refractivity contribution >= 4 is 5.95 Å². The van der Waals surface area contributed by atoms with E-state index in [0.717, 1.165) is 17.8 Å². The molecule has 2 aromatic heterocycles. The fraction of sp³-hybridized carbons (Fsp3) is 0.222. The van der Waals surface area contributed by atoms with Crippen molar-refractivity contribution in [3.8, 4) is 11.3 Å². The highest BCUT2D eigenvalue weighted by Crippen LogP contribution is 2.16. The fourth-order valence-electron chi connectivity index (χ4n) is 1.30. The van der Waals surface area contributed by atoms with E-state index in [-0.39, 0.29) is 5.95 Å². The van der Waals surface area contributed by atoms with Crippen molar-refractivity contribution in [2.75, 3.05) is 5.73 Å². The second-order valence-electron chi connectivity index (χ2n) is 2.86. The van der Waals surface area contributed by atoms with E-state index in [9.17, 15) is 0 Å². The second kappa shape index (κ2) is 3.45. The maximum absolute atomic E-state index is 5.41. The highest BCUT2D eigenvalue weighted by Gasteiger charge is 2.04. The summed E-state index contributed by atoms with van der Waals surface area (Å²) in [6.07, 6.45) is 5.16. The van der Waals surface area contributed by atoms with Crippen LogP contribution in [0.4, 0.5) is 5.95 Å².